The van der Waals surface area contributed by atoms with Crippen LogP contribution in [0.2, 0.25) is 5.02 Å². The molecule has 0 bridgehead atoms. The first-order valence-corrected chi connectivity index (χ1v) is 11.4. The van der Waals surface area contributed by atoms with E-state index in [-0.39, 0.29) is 18.0 Å². The Morgan fingerprint density at radius 3 is 2.27 bits per heavy atom. The first-order chi connectivity index (χ1) is 14.3. The van der Waals surface area contributed by atoms with Crippen LogP contribution in [0.1, 0.15) is 33.3 Å². The molecule has 30 heavy (non-hydrogen) atoms. The van der Waals surface area contributed by atoms with Crippen molar-refractivity contribution in [2.24, 2.45) is 0 Å². The van der Waals surface area contributed by atoms with E-state index in [1.165, 1.54) is 17.3 Å². The summed E-state index contributed by atoms with van der Waals surface area (Å²) in [5.41, 5.74) is 2.90. The minimum Gasteiger partial charge on any atom is -0.337 e. The van der Waals surface area contributed by atoms with Crippen LogP contribution in [0.3, 0.4) is 0 Å². The number of halogens is 1. The molecular formula is C23H27ClN4OS. The minimum atomic E-state index is 0.0859. The second-order valence-corrected chi connectivity index (χ2v) is 9.08. The van der Waals surface area contributed by atoms with Crippen LogP contribution in [0.15, 0.2) is 53.7 Å². The van der Waals surface area contributed by atoms with Crippen LogP contribution in [0, 0.1) is 6.92 Å². The number of carbonyl (C=O) groups excluding carboxylic acids is 1. The summed E-state index contributed by atoms with van der Waals surface area (Å²) in [6.07, 6.45) is 0. The number of rotatable bonds is 7. The number of thioether (sulfide) groups is 1. The molecule has 1 aromatic heterocycles. The zero-order valence-electron chi connectivity index (χ0n) is 18.0. The van der Waals surface area contributed by atoms with Crippen LogP contribution in [0.5, 0.6) is 0 Å². The van der Waals surface area contributed by atoms with Gasteiger partial charge in [-0.15, -0.1) is 10.2 Å². The summed E-state index contributed by atoms with van der Waals surface area (Å²) in [5, 5.41) is 10.1. The molecule has 3 rings (SSSR count). The van der Waals surface area contributed by atoms with Crippen molar-refractivity contribution < 1.29 is 4.79 Å². The van der Waals surface area contributed by atoms with Crippen molar-refractivity contribution in [3.8, 4) is 17.1 Å². The van der Waals surface area contributed by atoms with E-state index in [0.717, 1.165) is 11.3 Å². The SMILES string of the molecule is Cc1ccc(-n2c(SCC(=O)N(C(C)C)C(C)C)nnc2-c2ccccc2Cl)cc1. The number of nitrogens with zero attached hydrogens (tertiary/aromatic N) is 4. The van der Waals surface area contributed by atoms with Crippen molar-refractivity contribution >= 4 is 29.3 Å². The van der Waals surface area contributed by atoms with Crippen molar-refractivity contribution in [2.45, 2.75) is 51.9 Å². The number of amides is 1. The summed E-state index contributed by atoms with van der Waals surface area (Å²) < 4.78 is 1.97. The summed E-state index contributed by atoms with van der Waals surface area (Å²) in [6, 6.07) is 16.0. The van der Waals surface area contributed by atoms with Gasteiger partial charge < -0.3 is 4.90 Å². The summed E-state index contributed by atoms with van der Waals surface area (Å²) in [5.74, 6) is 1.04. The van der Waals surface area contributed by atoms with Crippen LogP contribution in [0.25, 0.3) is 17.1 Å². The Labute approximate surface area is 187 Å². The average Bonchev–Trinajstić information content (AvgIpc) is 3.10. The van der Waals surface area contributed by atoms with E-state index in [9.17, 15) is 4.79 Å². The third kappa shape index (κ3) is 4.87. The molecular weight excluding hydrogens is 416 g/mol. The van der Waals surface area contributed by atoms with Crippen molar-refractivity contribution in [1.82, 2.24) is 19.7 Å². The van der Waals surface area contributed by atoms with Gasteiger partial charge in [0.25, 0.3) is 0 Å². The number of hydrogen-bond donors (Lipinski definition) is 0. The van der Waals surface area contributed by atoms with Gasteiger partial charge in [-0.05, 0) is 58.9 Å². The number of aromatic nitrogens is 3. The highest BCUT2D eigenvalue weighted by atomic mass is 35.5. The monoisotopic (exact) mass is 442 g/mol. The van der Waals surface area contributed by atoms with Gasteiger partial charge in [0.1, 0.15) is 0 Å². The standard InChI is InChI=1S/C23H27ClN4OS/c1-15(2)27(16(3)4)21(29)14-30-23-26-25-22(19-8-6-7-9-20(19)24)28(23)18-12-10-17(5)11-13-18/h6-13,15-16H,14H2,1-5H3. The Bertz CT molecular complexity index is 1010. The maximum Gasteiger partial charge on any atom is 0.233 e. The molecule has 2 aromatic carbocycles. The summed E-state index contributed by atoms with van der Waals surface area (Å²) >= 11 is 7.84. The molecule has 0 aliphatic rings. The summed E-state index contributed by atoms with van der Waals surface area (Å²) in [7, 11) is 0. The number of aryl methyl sites for hydroxylation is 1. The lowest BCUT2D eigenvalue weighted by atomic mass is 10.2. The fraction of sp³-hybridized carbons (Fsp3) is 0.348. The van der Waals surface area contributed by atoms with E-state index < -0.39 is 0 Å². The molecule has 3 aromatic rings. The molecule has 0 saturated carbocycles. The third-order valence-electron chi connectivity index (χ3n) is 4.77. The average molecular weight is 443 g/mol. The molecule has 0 radical (unpaired) electrons. The maximum absolute atomic E-state index is 12.8. The lowest BCUT2D eigenvalue weighted by Crippen LogP contribution is -2.43. The predicted octanol–water partition coefficient (Wildman–Crippen LogP) is 5.63. The highest BCUT2D eigenvalue weighted by Gasteiger charge is 2.23. The van der Waals surface area contributed by atoms with Gasteiger partial charge in [-0.25, -0.2) is 0 Å². The van der Waals surface area contributed by atoms with Crippen LogP contribution >= 0.6 is 23.4 Å². The molecule has 0 aliphatic heterocycles. The largest absolute Gasteiger partial charge is 0.337 e. The topological polar surface area (TPSA) is 51.0 Å². The quantitative estimate of drug-likeness (QED) is 0.444. The van der Waals surface area contributed by atoms with Crippen molar-refractivity contribution in [3.63, 3.8) is 0 Å². The summed E-state index contributed by atoms with van der Waals surface area (Å²) in [6.45, 7) is 10.2. The molecule has 0 aliphatic carbocycles. The van der Waals surface area contributed by atoms with E-state index in [1.807, 2.05) is 92.6 Å². The van der Waals surface area contributed by atoms with Gasteiger partial charge in [-0.1, -0.05) is 53.2 Å². The molecule has 0 N–H and O–H groups in total. The molecule has 158 valence electrons. The smallest absolute Gasteiger partial charge is 0.233 e. The van der Waals surface area contributed by atoms with Gasteiger partial charge >= 0.3 is 0 Å². The second kappa shape index (κ2) is 9.67. The highest BCUT2D eigenvalue weighted by Crippen LogP contribution is 2.32. The van der Waals surface area contributed by atoms with E-state index in [1.54, 1.807) is 0 Å². The fourth-order valence-corrected chi connectivity index (χ4v) is 4.52. The lowest BCUT2D eigenvalue weighted by molar-refractivity contribution is -0.131. The van der Waals surface area contributed by atoms with Gasteiger partial charge in [0.15, 0.2) is 11.0 Å². The first kappa shape index (κ1) is 22.4. The Hall–Kier alpha value is -2.31. The highest BCUT2D eigenvalue weighted by molar-refractivity contribution is 7.99. The number of hydrogen-bond acceptors (Lipinski definition) is 4. The van der Waals surface area contributed by atoms with Crippen molar-refractivity contribution in [2.75, 3.05) is 5.75 Å². The Balaban J connectivity index is 1.98. The van der Waals surface area contributed by atoms with Crippen molar-refractivity contribution in [1.29, 1.82) is 0 Å². The third-order valence-corrected chi connectivity index (χ3v) is 6.01. The first-order valence-electron chi connectivity index (χ1n) is 10.0. The molecule has 0 saturated heterocycles. The molecule has 0 fully saturated rings. The van der Waals surface area contributed by atoms with Gasteiger partial charge in [0.2, 0.25) is 5.91 Å². The zero-order chi connectivity index (χ0) is 21.8. The minimum absolute atomic E-state index is 0.0859. The van der Waals surface area contributed by atoms with Crippen LogP contribution < -0.4 is 0 Å². The van der Waals surface area contributed by atoms with E-state index in [2.05, 4.69) is 10.2 Å². The van der Waals surface area contributed by atoms with Gasteiger partial charge in [0, 0.05) is 23.3 Å². The molecule has 7 heteroatoms. The lowest BCUT2D eigenvalue weighted by Gasteiger charge is -2.30. The normalized spacial score (nSPS) is 11.3. The maximum atomic E-state index is 12.8. The molecule has 0 unspecified atom stereocenters. The van der Waals surface area contributed by atoms with E-state index in [0.29, 0.717) is 21.8 Å². The molecule has 0 spiro atoms. The molecule has 0 atom stereocenters. The Morgan fingerprint density at radius 1 is 1.03 bits per heavy atom. The van der Waals surface area contributed by atoms with E-state index in [4.69, 9.17) is 11.6 Å². The van der Waals surface area contributed by atoms with Crippen molar-refractivity contribution in [3.05, 3.63) is 59.1 Å². The van der Waals surface area contributed by atoms with Gasteiger partial charge in [0.05, 0.1) is 10.8 Å². The summed E-state index contributed by atoms with van der Waals surface area (Å²) in [4.78, 5) is 14.7. The van der Waals surface area contributed by atoms with Crippen LogP contribution in [0.4, 0.5) is 0 Å². The van der Waals surface area contributed by atoms with Gasteiger partial charge in [-0.2, -0.15) is 0 Å². The predicted molar refractivity (Wildman–Crippen MR) is 124 cm³/mol. The van der Waals surface area contributed by atoms with Gasteiger partial charge in [-0.3, -0.25) is 9.36 Å². The zero-order valence-corrected chi connectivity index (χ0v) is 19.5. The Morgan fingerprint density at radius 2 is 1.67 bits per heavy atom. The second-order valence-electron chi connectivity index (χ2n) is 7.73. The molecule has 1 heterocycles. The Kier molecular flexibility index (Phi) is 7.21. The fourth-order valence-electron chi connectivity index (χ4n) is 3.48. The molecule has 1 amide bonds. The van der Waals surface area contributed by atoms with E-state index >= 15 is 0 Å². The number of benzene rings is 2. The molecule has 5 nitrogen and oxygen atoms in total. The van der Waals surface area contributed by atoms with Crippen LogP contribution in [-0.2, 0) is 4.79 Å². The van der Waals surface area contributed by atoms with Crippen LogP contribution in [-0.4, -0.2) is 43.4 Å². The number of carbonyl (C=O) groups is 1.